The first-order chi connectivity index (χ1) is 10.8. The molecule has 7 heteroatoms. The lowest BCUT2D eigenvalue weighted by molar-refractivity contribution is 0.0875. The van der Waals surface area contributed by atoms with Crippen molar-refractivity contribution in [2.24, 2.45) is 0 Å². The summed E-state index contributed by atoms with van der Waals surface area (Å²) >= 11 is 0. The normalized spacial score (nSPS) is 21.1. The van der Waals surface area contributed by atoms with Gasteiger partial charge in [0.25, 0.3) is 5.91 Å². The van der Waals surface area contributed by atoms with E-state index in [0.717, 1.165) is 25.7 Å². The molecule has 22 heavy (non-hydrogen) atoms. The van der Waals surface area contributed by atoms with Crippen LogP contribution >= 0.6 is 0 Å². The van der Waals surface area contributed by atoms with Crippen LogP contribution in [0.1, 0.15) is 36.3 Å². The first-order valence-electron chi connectivity index (χ1n) is 7.33. The fraction of sp³-hybridized carbons (Fsp3) is 0.400. The molecule has 1 saturated carbocycles. The standard InChI is InChI=1S/C15H17N5O2/c21-14(13-16-7-1-8-17-13)20-11-3-5-12(6-4-11)22-15-18-9-2-10-19-15/h1-2,7-12H,3-6H2,(H,20,21). The van der Waals surface area contributed by atoms with Gasteiger partial charge in [-0.15, -0.1) is 0 Å². The molecule has 1 aliphatic carbocycles. The third-order valence-electron chi connectivity index (χ3n) is 3.59. The van der Waals surface area contributed by atoms with Crippen molar-refractivity contribution in [1.82, 2.24) is 25.3 Å². The summed E-state index contributed by atoms with van der Waals surface area (Å²) in [7, 11) is 0. The molecule has 0 spiro atoms. The van der Waals surface area contributed by atoms with E-state index < -0.39 is 0 Å². The van der Waals surface area contributed by atoms with E-state index in [1.54, 1.807) is 36.9 Å². The number of amides is 1. The van der Waals surface area contributed by atoms with Gasteiger partial charge in [-0.1, -0.05) is 0 Å². The lowest BCUT2D eigenvalue weighted by Gasteiger charge is -2.28. The average molecular weight is 299 g/mol. The third kappa shape index (κ3) is 3.75. The summed E-state index contributed by atoms with van der Waals surface area (Å²) in [5.74, 6) is -0.0186. The van der Waals surface area contributed by atoms with E-state index in [-0.39, 0.29) is 23.9 Å². The minimum atomic E-state index is -0.226. The van der Waals surface area contributed by atoms with Gasteiger partial charge >= 0.3 is 6.01 Å². The molecular weight excluding hydrogens is 282 g/mol. The van der Waals surface area contributed by atoms with Gasteiger partial charge in [0.15, 0.2) is 0 Å². The zero-order chi connectivity index (χ0) is 15.2. The summed E-state index contributed by atoms with van der Waals surface area (Å²) in [6.45, 7) is 0. The predicted octanol–water partition coefficient (Wildman–Crippen LogP) is 1.39. The second-order valence-corrected chi connectivity index (χ2v) is 5.17. The van der Waals surface area contributed by atoms with Gasteiger partial charge in [0.2, 0.25) is 5.82 Å². The Hall–Kier alpha value is -2.57. The topological polar surface area (TPSA) is 89.9 Å². The number of nitrogens with zero attached hydrogens (tertiary/aromatic N) is 4. The Morgan fingerprint density at radius 1 is 0.955 bits per heavy atom. The molecule has 0 unspecified atom stereocenters. The van der Waals surface area contributed by atoms with Crippen LogP contribution in [0.2, 0.25) is 0 Å². The van der Waals surface area contributed by atoms with Crippen molar-refractivity contribution in [3.05, 3.63) is 42.7 Å². The van der Waals surface area contributed by atoms with Crippen molar-refractivity contribution >= 4 is 5.91 Å². The molecule has 0 aliphatic heterocycles. The lowest BCUT2D eigenvalue weighted by atomic mass is 9.93. The van der Waals surface area contributed by atoms with E-state index in [1.807, 2.05) is 0 Å². The molecule has 7 nitrogen and oxygen atoms in total. The Labute approximate surface area is 128 Å². The molecule has 3 rings (SSSR count). The van der Waals surface area contributed by atoms with Gasteiger partial charge in [0.05, 0.1) is 0 Å². The minimum absolute atomic E-state index is 0.100. The molecule has 0 radical (unpaired) electrons. The highest BCUT2D eigenvalue weighted by Crippen LogP contribution is 2.22. The first kappa shape index (κ1) is 14.4. The average Bonchev–Trinajstić information content (AvgIpc) is 2.58. The van der Waals surface area contributed by atoms with Crippen molar-refractivity contribution in [2.75, 3.05) is 0 Å². The van der Waals surface area contributed by atoms with Crippen LogP contribution in [0.5, 0.6) is 6.01 Å². The Morgan fingerprint density at radius 3 is 2.18 bits per heavy atom. The molecule has 1 aliphatic rings. The SMILES string of the molecule is O=C(NC1CCC(Oc2ncccn2)CC1)c1ncccn1. The van der Waals surface area contributed by atoms with Gasteiger partial charge in [-0.2, -0.15) is 0 Å². The van der Waals surface area contributed by atoms with Crippen molar-refractivity contribution in [1.29, 1.82) is 0 Å². The van der Waals surface area contributed by atoms with Gasteiger partial charge in [-0.25, -0.2) is 19.9 Å². The molecule has 0 saturated heterocycles. The second kappa shape index (κ2) is 6.93. The van der Waals surface area contributed by atoms with Crippen LogP contribution < -0.4 is 10.1 Å². The summed E-state index contributed by atoms with van der Waals surface area (Å²) < 4.78 is 5.73. The van der Waals surface area contributed by atoms with Gasteiger partial charge in [0.1, 0.15) is 6.10 Å². The van der Waals surface area contributed by atoms with Crippen molar-refractivity contribution in [3.8, 4) is 6.01 Å². The fourth-order valence-electron chi connectivity index (χ4n) is 2.49. The summed E-state index contributed by atoms with van der Waals surface area (Å²) in [6.07, 6.45) is 9.98. The predicted molar refractivity (Wildman–Crippen MR) is 78.2 cm³/mol. The van der Waals surface area contributed by atoms with Gasteiger partial charge < -0.3 is 10.1 Å². The molecule has 114 valence electrons. The number of hydrogen-bond acceptors (Lipinski definition) is 6. The van der Waals surface area contributed by atoms with Gasteiger partial charge in [0, 0.05) is 30.8 Å². The maximum atomic E-state index is 12.0. The monoisotopic (exact) mass is 299 g/mol. The fourth-order valence-corrected chi connectivity index (χ4v) is 2.49. The maximum absolute atomic E-state index is 12.0. The van der Waals surface area contributed by atoms with Gasteiger partial charge in [-0.05, 0) is 37.8 Å². The molecule has 0 bridgehead atoms. The number of nitrogens with one attached hydrogen (secondary N) is 1. The molecular formula is C15H17N5O2. The second-order valence-electron chi connectivity index (χ2n) is 5.17. The number of hydrogen-bond donors (Lipinski definition) is 1. The molecule has 1 N–H and O–H groups in total. The molecule has 2 aromatic heterocycles. The number of carbonyl (C=O) groups excluding carboxylic acids is 1. The van der Waals surface area contributed by atoms with E-state index in [1.165, 1.54) is 0 Å². The summed E-state index contributed by atoms with van der Waals surface area (Å²) in [5, 5.41) is 2.97. The van der Waals surface area contributed by atoms with E-state index in [9.17, 15) is 4.79 Å². The Bertz CT molecular complexity index is 600. The molecule has 1 fully saturated rings. The van der Waals surface area contributed by atoms with Crippen LogP contribution in [-0.2, 0) is 0 Å². The number of aromatic nitrogens is 4. The van der Waals surface area contributed by atoms with Crippen molar-refractivity contribution in [3.63, 3.8) is 0 Å². The third-order valence-corrected chi connectivity index (χ3v) is 3.59. The summed E-state index contributed by atoms with van der Waals surface area (Å²) in [5.41, 5.74) is 0. The van der Waals surface area contributed by atoms with E-state index >= 15 is 0 Å². The first-order valence-corrected chi connectivity index (χ1v) is 7.33. The minimum Gasteiger partial charge on any atom is -0.460 e. The van der Waals surface area contributed by atoms with Crippen LogP contribution in [0.4, 0.5) is 0 Å². The van der Waals surface area contributed by atoms with Crippen molar-refractivity contribution in [2.45, 2.75) is 37.8 Å². The quantitative estimate of drug-likeness (QED) is 0.917. The van der Waals surface area contributed by atoms with Crippen LogP contribution in [0.15, 0.2) is 36.9 Å². The molecule has 0 atom stereocenters. The zero-order valence-corrected chi connectivity index (χ0v) is 12.1. The summed E-state index contributed by atoms with van der Waals surface area (Å²) in [4.78, 5) is 28.0. The van der Waals surface area contributed by atoms with Crippen molar-refractivity contribution < 1.29 is 9.53 Å². The smallest absolute Gasteiger partial charge is 0.316 e. The lowest BCUT2D eigenvalue weighted by Crippen LogP contribution is -2.40. The maximum Gasteiger partial charge on any atom is 0.316 e. The highest BCUT2D eigenvalue weighted by Gasteiger charge is 2.25. The Balaban J connectivity index is 1.47. The number of ether oxygens (including phenoxy) is 1. The van der Waals surface area contributed by atoms with E-state index in [2.05, 4.69) is 25.3 Å². The Kier molecular flexibility index (Phi) is 4.53. The van der Waals surface area contributed by atoms with Crippen LogP contribution in [0.3, 0.4) is 0 Å². The Morgan fingerprint density at radius 2 is 1.55 bits per heavy atom. The van der Waals surface area contributed by atoms with Crippen LogP contribution in [0, 0.1) is 0 Å². The number of rotatable bonds is 4. The highest BCUT2D eigenvalue weighted by atomic mass is 16.5. The van der Waals surface area contributed by atoms with E-state index in [4.69, 9.17) is 4.74 Å². The van der Waals surface area contributed by atoms with Crippen LogP contribution in [0.25, 0.3) is 0 Å². The zero-order valence-electron chi connectivity index (χ0n) is 12.1. The van der Waals surface area contributed by atoms with Gasteiger partial charge in [-0.3, -0.25) is 4.79 Å². The molecule has 0 aromatic carbocycles. The molecule has 2 heterocycles. The summed E-state index contributed by atoms with van der Waals surface area (Å²) in [6, 6.07) is 3.98. The molecule has 1 amide bonds. The molecule has 2 aromatic rings. The van der Waals surface area contributed by atoms with Crippen LogP contribution in [-0.4, -0.2) is 38.0 Å². The highest BCUT2D eigenvalue weighted by molar-refractivity contribution is 5.90. The number of carbonyl (C=O) groups is 1. The largest absolute Gasteiger partial charge is 0.460 e. The van der Waals surface area contributed by atoms with E-state index in [0.29, 0.717) is 6.01 Å².